The second-order valence-electron chi connectivity index (χ2n) is 4.42. The molecular weight excluding hydrogens is 338 g/mol. The van der Waals surface area contributed by atoms with Crippen LogP contribution in [-0.4, -0.2) is 16.8 Å². The normalized spacial score (nSPS) is 13.9. The van der Waals surface area contributed by atoms with Crippen LogP contribution in [0.3, 0.4) is 0 Å². The molecule has 0 fully saturated rings. The fourth-order valence-corrected chi connectivity index (χ4v) is 2.25. The Hall–Kier alpha value is -0.100. The zero-order valence-electron chi connectivity index (χ0n) is 9.17. The molecule has 0 aliphatic heterocycles. The molecule has 0 spiro atoms. The van der Waals surface area contributed by atoms with Crippen LogP contribution in [0.2, 0.25) is 0 Å². The molecule has 0 aliphatic carbocycles. The first-order chi connectivity index (χ1) is 7.31. The number of hydrogen-bond donors (Lipinski definition) is 3. The highest BCUT2D eigenvalue weighted by atomic mass is 79.9. The number of aliphatic hydroxyl groups excluding tert-OH is 1. The summed E-state index contributed by atoms with van der Waals surface area (Å²) in [5.74, 6) is 0.114. The lowest BCUT2D eigenvalue weighted by atomic mass is 9.81. The van der Waals surface area contributed by atoms with Crippen LogP contribution in [0.5, 0.6) is 5.75 Å². The van der Waals surface area contributed by atoms with Crippen molar-refractivity contribution in [3.63, 3.8) is 0 Å². The van der Waals surface area contributed by atoms with Crippen molar-refractivity contribution in [1.82, 2.24) is 0 Å². The van der Waals surface area contributed by atoms with E-state index in [2.05, 4.69) is 31.9 Å². The Kier molecular flexibility index (Phi) is 4.40. The minimum Gasteiger partial charge on any atom is -0.506 e. The van der Waals surface area contributed by atoms with Gasteiger partial charge < -0.3 is 15.9 Å². The van der Waals surface area contributed by atoms with Crippen LogP contribution >= 0.6 is 31.9 Å². The molecule has 0 radical (unpaired) electrons. The molecule has 0 aromatic heterocycles. The van der Waals surface area contributed by atoms with E-state index < -0.39 is 11.5 Å². The highest BCUT2D eigenvalue weighted by Gasteiger charge is 2.31. The molecule has 0 bridgehead atoms. The van der Waals surface area contributed by atoms with Crippen molar-refractivity contribution in [2.24, 2.45) is 11.1 Å². The lowest BCUT2D eigenvalue weighted by Gasteiger charge is -2.31. The first-order valence-corrected chi connectivity index (χ1v) is 6.43. The van der Waals surface area contributed by atoms with Gasteiger partial charge in [-0.15, -0.1) is 0 Å². The van der Waals surface area contributed by atoms with E-state index in [-0.39, 0.29) is 12.4 Å². The summed E-state index contributed by atoms with van der Waals surface area (Å²) in [6, 6.07) is 3.10. The number of aromatic hydroxyl groups is 1. The van der Waals surface area contributed by atoms with Gasteiger partial charge in [-0.25, -0.2) is 0 Å². The smallest absolute Gasteiger partial charge is 0.135 e. The lowest BCUT2D eigenvalue weighted by Crippen LogP contribution is -2.32. The summed E-state index contributed by atoms with van der Waals surface area (Å²) in [5, 5.41) is 19.3. The molecule has 3 nitrogen and oxygen atoms in total. The van der Waals surface area contributed by atoms with E-state index in [4.69, 9.17) is 5.73 Å². The molecule has 0 saturated heterocycles. The topological polar surface area (TPSA) is 66.5 Å². The van der Waals surface area contributed by atoms with E-state index in [9.17, 15) is 10.2 Å². The number of benzene rings is 1. The molecule has 4 N–H and O–H groups in total. The van der Waals surface area contributed by atoms with Crippen LogP contribution in [-0.2, 0) is 0 Å². The maximum atomic E-state index is 9.97. The average Bonchev–Trinajstić information content (AvgIpc) is 2.24. The van der Waals surface area contributed by atoms with Gasteiger partial charge in [0.05, 0.1) is 4.47 Å². The largest absolute Gasteiger partial charge is 0.506 e. The third-order valence-electron chi connectivity index (χ3n) is 2.68. The van der Waals surface area contributed by atoms with Gasteiger partial charge in [-0.1, -0.05) is 29.8 Å². The molecule has 0 heterocycles. The van der Waals surface area contributed by atoms with E-state index in [1.165, 1.54) is 0 Å². The molecule has 1 aromatic rings. The van der Waals surface area contributed by atoms with E-state index in [0.717, 1.165) is 4.47 Å². The van der Waals surface area contributed by atoms with Gasteiger partial charge in [-0.3, -0.25) is 0 Å². The summed E-state index contributed by atoms with van der Waals surface area (Å²) < 4.78 is 1.33. The Bertz CT molecular complexity index is 394. The summed E-state index contributed by atoms with van der Waals surface area (Å²) in [6.07, 6.45) is 0. The molecule has 0 amide bonds. The summed E-state index contributed by atoms with van der Waals surface area (Å²) in [7, 11) is 0. The molecular formula is C11H15Br2NO2. The Morgan fingerprint density at radius 1 is 1.31 bits per heavy atom. The van der Waals surface area contributed by atoms with Crippen molar-refractivity contribution in [3.05, 3.63) is 26.6 Å². The van der Waals surface area contributed by atoms with E-state index in [1.54, 1.807) is 6.07 Å². The summed E-state index contributed by atoms with van der Waals surface area (Å²) in [6.45, 7) is 3.65. The molecule has 16 heavy (non-hydrogen) atoms. The molecule has 1 aromatic carbocycles. The molecule has 90 valence electrons. The maximum Gasteiger partial charge on any atom is 0.135 e. The van der Waals surface area contributed by atoms with E-state index in [1.807, 2.05) is 19.9 Å². The minimum absolute atomic E-state index is 0.0490. The fraction of sp³-hybridized carbons (Fsp3) is 0.455. The highest BCUT2D eigenvalue weighted by molar-refractivity contribution is 9.11. The van der Waals surface area contributed by atoms with E-state index in [0.29, 0.717) is 10.0 Å². The lowest BCUT2D eigenvalue weighted by molar-refractivity contribution is 0.131. The fourth-order valence-electron chi connectivity index (χ4n) is 1.34. The van der Waals surface area contributed by atoms with Crippen LogP contribution in [0.1, 0.15) is 25.5 Å². The van der Waals surface area contributed by atoms with Crippen molar-refractivity contribution in [2.75, 3.05) is 6.61 Å². The molecule has 1 rings (SSSR count). The van der Waals surface area contributed by atoms with Gasteiger partial charge in [0.1, 0.15) is 5.75 Å². The Balaban J connectivity index is 3.28. The zero-order chi connectivity index (χ0) is 12.5. The van der Waals surface area contributed by atoms with Crippen LogP contribution in [0.4, 0.5) is 0 Å². The van der Waals surface area contributed by atoms with Gasteiger partial charge in [0.25, 0.3) is 0 Å². The van der Waals surface area contributed by atoms with Gasteiger partial charge in [-0.2, -0.15) is 0 Å². The Morgan fingerprint density at radius 3 is 2.31 bits per heavy atom. The summed E-state index contributed by atoms with van der Waals surface area (Å²) in [5.41, 5.74) is 6.19. The van der Waals surface area contributed by atoms with Crippen LogP contribution in [0.25, 0.3) is 0 Å². The van der Waals surface area contributed by atoms with Crippen LogP contribution in [0, 0.1) is 5.41 Å². The molecule has 1 atom stereocenters. The third-order valence-corrected chi connectivity index (χ3v) is 4.01. The predicted octanol–water partition coefficient (Wildman–Crippen LogP) is 2.94. The van der Waals surface area contributed by atoms with Crippen molar-refractivity contribution >= 4 is 31.9 Å². The molecule has 5 heteroatoms. The van der Waals surface area contributed by atoms with Crippen molar-refractivity contribution in [3.8, 4) is 5.75 Å². The van der Waals surface area contributed by atoms with Crippen molar-refractivity contribution in [2.45, 2.75) is 19.9 Å². The van der Waals surface area contributed by atoms with Gasteiger partial charge >= 0.3 is 0 Å². The number of halogens is 2. The second-order valence-corrected chi connectivity index (χ2v) is 6.12. The second kappa shape index (κ2) is 5.04. The highest BCUT2D eigenvalue weighted by Crippen LogP contribution is 2.42. The molecule has 0 aliphatic rings. The number of nitrogens with two attached hydrogens (primary N) is 1. The first-order valence-electron chi connectivity index (χ1n) is 4.84. The van der Waals surface area contributed by atoms with E-state index >= 15 is 0 Å². The third kappa shape index (κ3) is 2.59. The monoisotopic (exact) mass is 351 g/mol. The Labute approximate surface area is 112 Å². The van der Waals surface area contributed by atoms with Crippen molar-refractivity contribution < 1.29 is 10.2 Å². The Morgan fingerprint density at radius 2 is 1.81 bits per heavy atom. The van der Waals surface area contributed by atoms with Crippen LogP contribution < -0.4 is 5.73 Å². The standard InChI is InChI=1S/C11H15Br2NO2/c1-11(2,5-15)10(14)8-6(12)3-4-7(13)9(8)16/h3-4,10,15-16H,5,14H2,1-2H3/t10-/m1/s1. The number of hydrogen-bond acceptors (Lipinski definition) is 3. The average molecular weight is 353 g/mol. The van der Waals surface area contributed by atoms with Gasteiger partial charge in [0.2, 0.25) is 0 Å². The first kappa shape index (κ1) is 14.0. The van der Waals surface area contributed by atoms with Gasteiger partial charge in [0, 0.05) is 28.1 Å². The summed E-state index contributed by atoms with van der Waals surface area (Å²) in [4.78, 5) is 0. The molecule has 0 unspecified atom stereocenters. The SMILES string of the molecule is CC(C)(CO)[C@H](N)c1c(Br)ccc(Br)c1O. The number of phenols is 1. The zero-order valence-corrected chi connectivity index (χ0v) is 12.3. The molecule has 0 saturated carbocycles. The number of aliphatic hydroxyl groups is 1. The van der Waals surface area contributed by atoms with Crippen LogP contribution in [0.15, 0.2) is 21.1 Å². The maximum absolute atomic E-state index is 9.97. The van der Waals surface area contributed by atoms with Gasteiger partial charge in [-0.05, 0) is 28.1 Å². The number of rotatable bonds is 3. The summed E-state index contributed by atoms with van der Waals surface area (Å²) >= 11 is 6.61. The quantitative estimate of drug-likeness (QED) is 0.783. The minimum atomic E-state index is -0.499. The predicted molar refractivity (Wildman–Crippen MR) is 71.3 cm³/mol. The van der Waals surface area contributed by atoms with Gasteiger partial charge in [0.15, 0.2) is 0 Å². The van der Waals surface area contributed by atoms with Crippen molar-refractivity contribution in [1.29, 1.82) is 0 Å². The number of phenolic OH excluding ortho intramolecular Hbond substituents is 1.